The molecule has 0 radical (unpaired) electrons. The molecule has 0 N–H and O–H groups in total. The van der Waals surface area contributed by atoms with Gasteiger partial charge in [0.1, 0.15) is 11.6 Å². The third-order valence-corrected chi connectivity index (χ3v) is 11.3. The number of hydrogen-bond acceptors (Lipinski definition) is 2. The minimum atomic E-state index is -0.119. The van der Waals surface area contributed by atoms with Crippen LogP contribution in [0.2, 0.25) is 0 Å². The van der Waals surface area contributed by atoms with E-state index in [4.69, 9.17) is 0 Å². The lowest BCUT2D eigenvalue weighted by Gasteiger charge is -2.62. The Kier molecular flexibility index (Phi) is 3.13. The molecule has 5 aliphatic rings. The van der Waals surface area contributed by atoms with Crippen molar-refractivity contribution in [3.05, 3.63) is 0 Å². The molecule has 3 unspecified atom stereocenters. The van der Waals surface area contributed by atoms with Crippen LogP contribution in [0.3, 0.4) is 0 Å². The molecule has 7 atom stereocenters. The Hall–Kier alpha value is -0.660. The first-order valence-corrected chi connectivity index (χ1v) is 11.1. The summed E-state index contributed by atoms with van der Waals surface area (Å²) in [7, 11) is 0. The molecule has 0 aromatic rings. The molecule has 5 aliphatic carbocycles. The van der Waals surface area contributed by atoms with Crippen LogP contribution in [0.5, 0.6) is 0 Å². The van der Waals surface area contributed by atoms with E-state index in [2.05, 4.69) is 27.7 Å². The van der Waals surface area contributed by atoms with Crippen LogP contribution in [0.25, 0.3) is 0 Å². The van der Waals surface area contributed by atoms with Gasteiger partial charge in [-0.1, -0.05) is 27.7 Å². The standard InChI is InChI=1S/C24H36O2/c1-15(25)16-8-10-22(5)18-7-6-17-20(2,3)19(26)9-11-23(17)14-24(18,23)13-12-21(16,22)4/h16-18H,6-14H2,1-5H3/t16-,17?,18+,21-,22?,23-,24?/m1/s1. The van der Waals surface area contributed by atoms with Crippen molar-refractivity contribution in [2.24, 2.45) is 44.8 Å². The molecule has 0 aromatic carbocycles. The number of fused-ring (bicyclic) bond motifs is 2. The lowest BCUT2D eigenvalue weighted by molar-refractivity contribution is -0.158. The number of rotatable bonds is 1. The number of carbonyl (C=O) groups excluding carboxylic acids is 2. The Morgan fingerprint density at radius 2 is 1.50 bits per heavy atom. The molecule has 0 aromatic heterocycles. The largest absolute Gasteiger partial charge is 0.300 e. The van der Waals surface area contributed by atoms with Crippen LogP contribution in [0, 0.1) is 44.8 Å². The first kappa shape index (κ1) is 17.4. The van der Waals surface area contributed by atoms with Gasteiger partial charge in [-0.25, -0.2) is 0 Å². The van der Waals surface area contributed by atoms with Crippen LogP contribution in [0.15, 0.2) is 0 Å². The smallest absolute Gasteiger partial charge is 0.138 e. The predicted octanol–water partition coefficient (Wildman–Crippen LogP) is 5.58. The zero-order valence-electron chi connectivity index (χ0n) is 17.4. The molecule has 5 rings (SSSR count). The molecular formula is C24H36O2. The SMILES string of the molecule is CC(=O)[C@H]1CCC2(C)[C@@H]3CCC4C(C)(C)C(=O)CC[C@@]45CC35CC[C@]12C. The van der Waals surface area contributed by atoms with E-state index in [-0.39, 0.29) is 16.7 Å². The fourth-order valence-corrected chi connectivity index (χ4v) is 9.81. The van der Waals surface area contributed by atoms with E-state index < -0.39 is 0 Å². The second kappa shape index (κ2) is 4.66. The fraction of sp³-hybridized carbons (Fsp3) is 0.917. The molecule has 26 heavy (non-hydrogen) atoms. The molecule has 144 valence electrons. The monoisotopic (exact) mass is 356 g/mol. The molecule has 0 bridgehead atoms. The summed E-state index contributed by atoms with van der Waals surface area (Å²) < 4.78 is 0. The Labute approximate surface area is 158 Å². The minimum Gasteiger partial charge on any atom is -0.300 e. The molecular weight excluding hydrogens is 320 g/mol. The van der Waals surface area contributed by atoms with Gasteiger partial charge in [0.15, 0.2) is 0 Å². The highest BCUT2D eigenvalue weighted by atomic mass is 16.1. The highest BCUT2D eigenvalue weighted by Gasteiger charge is 2.82. The van der Waals surface area contributed by atoms with Crippen molar-refractivity contribution in [2.75, 3.05) is 0 Å². The van der Waals surface area contributed by atoms with E-state index in [1.807, 2.05) is 6.92 Å². The molecule has 0 saturated heterocycles. The molecule has 0 heterocycles. The van der Waals surface area contributed by atoms with Crippen LogP contribution >= 0.6 is 0 Å². The zero-order valence-corrected chi connectivity index (χ0v) is 17.4. The zero-order chi connectivity index (χ0) is 18.8. The fourth-order valence-electron chi connectivity index (χ4n) is 9.81. The molecule has 5 saturated carbocycles. The molecule has 2 heteroatoms. The Bertz CT molecular complexity index is 707. The molecule has 2 spiro atoms. The Balaban J connectivity index is 1.56. The molecule has 0 amide bonds. The van der Waals surface area contributed by atoms with Gasteiger partial charge in [-0.2, -0.15) is 0 Å². The van der Waals surface area contributed by atoms with Crippen molar-refractivity contribution >= 4 is 11.6 Å². The van der Waals surface area contributed by atoms with E-state index >= 15 is 0 Å². The van der Waals surface area contributed by atoms with Gasteiger partial charge in [0.05, 0.1) is 0 Å². The minimum absolute atomic E-state index is 0.119. The van der Waals surface area contributed by atoms with Gasteiger partial charge in [-0.05, 0) is 91.8 Å². The topological polar surface area (TPSA) is 34.1 Å². The van der Waals surface area contributed by atoms with E-state index in [9.17, 15) is 9.59 Å². The summed E-state index contributed by atoms with van der Waals surface area (Å²) in [5, 5.41) is 0. The summed E-state index contributed by atoms with van der Waals surface area (Å²) in [5.74, 6) is 2.60. The highest BCUT2D eigenvalue weighted by molar-refractivity contribution is 5.86. The second-order valence-corrected chi connectivity index (χ2v) is 11.9. The summed E-state index contributed by atoms with van der Waals surface area (Å²) in [4.78, 5) is 25.1. The van der Waals surface area contributed by atoms with E-state index in [0.717, 1.165) is 25.2 Å². The summed E-state index contributed by atoms with van der Waals surface area (Å²) in [5.41, 5.74) is 1.35. The molecule has 2 nitrogen and oxygen atoms in total. The first-order valence-electron chi connectivity index (χ1n) is 11.1. The number of hydrogen-bond donors (Lipinski definition) is 0. The van der Waals surface area contributed by atoms with E-state index in [1.165, 1.54) is 38.5 Å². The normalized spacial score (nSPS) is 56.8. The quantitative estimate of drug-likeness (QED) is 0.614. The maximum absolute atomic E-state index is 12.7. The van der Waals surface area contributed by atoms with Crippen molar-refractivity contribution in [2.45, 2.75) is 92.4 Å². The van der Waals surface area contributed by atoms with Crippen LogP contribution < -0.4 is 0 Å². The van der Waals surface area contributed by atoms with Crippen LogP contribution in [-0.2, 0) is 9.59 Å². The molecule has 0 aliphatic heterocycles. The highest BCUT2D eigenvalue weighted by Crippen LogP contribution is 2.88. The van der Waals surface area contributed by atoms with E-state index in [0.29, 0.717) is 33.7 Å². The lowest BCUT2D eigenvalue weighted by Crippen LogP contribution is -2.57. The maximum Gasteiger partial charge on any atom is 0.138 e. The van der Waals surface area contributed by atoms with Crippen LogP contribution in [0.4, 0.5) is 0 Å². The first-order chi connectivity index (χ1) is 12.1. The van der Waals surface area contributed by atoms with Gasteiger partial charge in [-0.3, -0.25) is 9.59 Å². The average Bonchev–Trinajstić information content (AvgIpc) is 3.14. The maximum atomic E-state index is 12.7. The number of Topliss-reactive ketones (excluding diaryl/α,β-unsaturated/α-hetero) is 2. The van der Waals surface area contributed by atoms with Gasteiger partial charge in [0.2, 0.25) is 0 Å². The van der Waals surface area contributed by atoms with Gasteiger partial charge in [0, 0.05) is 17.8 Å². The Morgan fingerprint density at radius 3 is 2.19 bits per heavy atom. The summed E-state index contributed by atoms with van der Waals surface area (Å²) in [6.07, 6.45) is 10.8. The van der Waals surface area contributed by atoms with Gasteiger partial charge >= 0.3 is 0 Å². The van der Waals surface area contributed by atoms with Crippen molar-refractivity contribution < 1.29 is 9.59 Å². The van der Waals surface area contributed by atoms with Crippen molar-refractivity contribution in [3.8, 4) is 0 Å². The van der Waals surface area contributed by atoms with Gasteiger partial charge in [-0.15, -0.1) is 0 Å². The van der Waals surface area contributed by atoms with Crippen LogP contribution in [0.1, 0.15) is 92.4 Å². The molecule has 5 fully saturated rings. The number of carbonyl (C=O) groups is 2. The van der Waals surface area contributed by atoms with Crippen molar-refractivity contribution in [3.63, 3.8) is 0 Å². The third kappa shape index (κ3) is 1.60. The lowest BCUT2D eigenvalue weighted by atomic mass is 9.42. The van der Waals surface area contributed by atoms with Gasteiger partial charge < -0.3 is 0 Å². The van der Waals surface area contributed by atoms with Crippen molar-refractivity contribution in [1.29, 1.82) is 0 Å². The summed E-state index contributed by atoms with van der Waals surface area (Å²) in [6.45, 7) is 11.3. The second-order valence-electron chi connectivity index (χ2n) is 11.9. The summed E-state index contributed by atoms with van der Waals surface area (Å²) >= 11 is 0. The summed E-state index contributed by atoms with van der Waals surface area (Å²) in [6, 6.07) is 0. The van der Waals surface area contributed by atoms with Crippen LogP contribution in [-0.4, -0.2) is 11.6 Å². The van der Waals surface area contributed by atoms with E-state index in [1.54, 1.807) is 0 Å². The third-order valence-electron chi connectivity index (χ3n) is 11.3. The Morgan fingerprint density at radius 1 is 0.846 bits per heavy atom. The van der Waals surface area contributed by atoms with Gasteiger partial charge in [0.25, 0.3) is 0 Å². The number of ketones is 2. The predicted molar refractivity (Wildman–Crippen MR) is 103 cm³/mol. The van der Waals surface area contributed by atoms with Crippen molar-refractivity contribution in [1.82, 2.24) is 0 Å². The average molecular weight is 357 g/mol.